The zero-order valence-corrected chi connectivity index (χ0v) is 16.1. The molecule has 0 aromatic heterocycles. The monoisotopic (exact) mass is 382 g/mol. The highest BCUT2D eigenvalue weighted by Crippen LogP contribution is 2.56. The summed E-state index contributed by atoms with van der Waals surface area (Å²) in [6.45, 7) is 5.81. The second kappa shape index (κ2) is 11.5. The summed E-state index contributed by atoms with van der Waals surface area (Å²) in [5.74, 6) is 0. The van der Waals surface area contributed by atoms with E-state index in [-0.39, 0.29) is 13.2 Å². The Balaban J connectivity index is 4.39. The third-order valence-electron chi connectivity index (χ3n) is 2.73. The number of alkyl halides is 3. The number of hydrogen-bond donors (Lipinski definition) is 0. The SMILES string of the molecule is CCCCCCCC(Cl)C(Cl)(Cl)OP(=O)(OCC)OCC. The van der Waals surface area contributed by atoms with Gasteiger partial charge in [0, 0.05) is 0 Å². The molecule has 0 N–H and O–H groups in total. The molecule has 0 aliphatic heterocycles. The van der Waals surface area contributed by atoms with Gasteiger partial charge in [-0.25, -0.2) is 9.09 Å². The lowest BCUT2D eigenvalue weighted by Crippen LogP contribution is -2.29. The lowest BCUT2D eigenvalue weighted by molar-refractivity contribution is 0.0943. The van der Waals surface area contributed by atoms with E-state index in [0.717, 1.165) is 19.3 Å². The molecule has 0 saturated carbocycles. The van der Waals surface area contributed by atoms with Crippen molar-refractivity contribution in [3.05, 3.63) is 0 Å². The van der Waals surface area contributed by atoms with Crippen LogP contribution in [0.3, 0.4) is 0 Å². The first-order valence-corrected chi connectivity index (χ1v) is 10.1. The van der Waals surface area contributed by atoms with Gasteiger partial charge in [0.05, 0.1) is 18.6 Å². The Morgan fingerprint density at radius 3 is 2.00 bits per heavy atom. The van der Waals surface area contributed by atoms with E-state index in [2.05, 4.69) is 6.92 Å². The minimum Gasteiger partial charge on any atom is -0.287 e. The largest absolute Gasteiger partial charge is 0.477 e. The van der Waals surface area contributed by atoms with E-state index in [1.54, 1.807) is 13.8 Å². The summed E-state index contributed by atoms with van der Waals surface area (Å²) in [4.78, 5) is 0. The second-order valence-electron chi connectivity index (χ2n) is 4.61. The molecule has 0 saturated heterocycles. The van der Waals surface area contributed by atoms with Crippen LogP contribution in [0.5, 0.6) is 0 Å². The standard InChI is InChI=1S/C13H26Cl3O4P/c1-4-7-8-9-10-11-12(14)13(15,16)20-21(17,18-5-2)19-6-3/h12H,4-11H2,1-3H3. The van der Waals surface area contributed by atoms with Gasteiger partial charge in [0.25, 0.3) is 0 Å². The van der Waals surface area contributed by atoms with Crippen LogP contribution in [-0.2, 0) is 18.1 Å². The van der Waals surface area contributed by atoms with Crippen LogP contribution in [0.15, 0.2) is 0 Å². The number of rotatable bonds is 13. The fourth-order valence-electron chi connectivity index (χ4n) is 1.71. The van der Waals surface area contributed by atoms with Crippen molar-refractivity contribution in [3.63, 3.8) is 0 Å². The van der Waals surface area contributed by atoms with Crippen molar-refractivity contribution < 1.29 is 18.1 Å². The number of halogens is 3. The molecule has 1 atom stereocenters. The van der Waals surface area contributed by atoms with Crippen molar-refractivity contribution in [1.82, 2.24) is 0 Å². The Hall–Kier alpha value is 0.980. The summed E-state index contributed by atoms with van der Waals surface area (Å²) in [5, 5.41) is -0.698. The molecule has 0 rings (SSSR count). The highest BCUT2D eigenvalue weighted by atomic mass is 35.5. The first-order valence-electron chi connectivity index (χ1n) is 7.43. The molecule has 1 unspecified atom stereocenters. The summed E-state index contributed by atoms with van der Waals surface area (Å²) >= 11 is 18.3. The molecule has 0 spiro atoms. The van der Waals surface area contributed by atoms with Gasteiger partial charge >= 0.3 is 7.82 Å². The maximum atomic E-state index is 12.3. The Morgan fingerprint density at radius 1 is 1.00 bits per heavy atom. The van der Waals surface area contributed by atoms with E-state index in [4.69, 9.17) is 48.4 Å². The average molecular weight is 384 g/mol. The van der Waals surface area contributed by atoms with Crippen LogP contribution in [0.4, 0.5) is 0 Å². The Kier molecular flexibility index (Phi) is 12.0. The smallest absolute Gasteiger partial charge is 0.287 e. The molecule has 128 valence electrons. The van der Waals surface area contributed by atoms with E-state index >= 15 is 0 Å². The Labute approximate surface area is 143 Å². The van der Waals surface area contributed by atoms with Crippen LogP contribution in [0, 0.1) is 0 Å². The van der Waals surface area contributed by atoms with E-state index in [9.17, 15) is 4.57 Å². The van der Waals surface area contributed by atoms with E-state index in [0.29, 0.717) is 6.42 Å². The lowest BCUT2D eigenvalue weighted by atomic mass is 10.1. The lowest BCUT2D eigenvalue weighted by Gasteiger charge is -2.28. The minimum absolute atomic E-state index is 0.158. The summed E-state index contributed by atoms with van der Waals surface area (Å²) in [7, 11) is -3.79. The topological polar surface area (TPSA) is 44.8 Å². The van der Waals surface area contributed by atoms with E-state index < -0.39 is 17.7 Å². The first-order chi connectivity index (χ1) is 9.81. The van der Waals surface area contributed by atoms with Gasteiger partial charge < -0.3 is 0 Å². The summed E-state index contributed by atoms with van der Waals surface area (Å²) in [5.41, 5.74) is 0. The quantitative estimate of drug-likeness (QED) is 0.213. The molecule has 0 bridgehead atoms. The van der Waals surface area contributed by atoms with Crippen LogP contribution >= 0.6 is 42.6 Å². The van der Waals surface area contributed by atoms with Gasteiger partial charge in [0.1, 0.15) is 0 Å². The third-order valence-corrected chi connectivity index (χ3v) is 6.04. The van der Waals surface area contributed by atoms with Gasteiger partial charge in [0.2, 0.25) is 4.52 Å². The molecule has 0 fully saturated rings. The fraction of sp³-hybridized carbons (Fsp3) is 1.00. The van der Waals surface area contributed by atoms with Crippen LogP contribution in [0.2, 0.25) is 0 Å². The Morgan fingerprint density at radius 2 is 1.52 bits per heavy atom. The third kappa shape index (κ3) is 9.65. The summed E-state index contributed by atoms with van der Waals surface area (Å²) < 4.78 is 25.6. The number of unbranched alkanes of at least 4 members (excludes halogenated alkanes) is 4. The summed E-state index contributed by atoms with van der Waals surface area (Å²) in [6, 6.07) is 0. The zero-order chi connectivity index (χ0) is 16.4. The maximum absolute atomic E-state index is 12.3. The molecule has 0 aromatic rings. The Bertz CT molecular complexity index is 306. The molecule has 8 heteroatoms. The minimum atomic E-state index is -3.79. The molecule has 0 radical (unpaired) electrons. The van der Waals surface area contributed by atoms with Crippen molar-refractivity contribution in [2.45, 2.75) is 69.2 Å². The molecule has 0 aliphatic carbocycles. The van der Waals surface area contributed by atoms with E-state index in [1.807, 2.05) is 0 Å². The predicted molar refractivity (Wildman–Crippen MR) is 89.4 cm³/mol. The van der Waals surface area contributed by atoms with E-state index in [1.165, 1.54) is 12.8 Å². The first kappa shape index (κ1) is 22.0. The zero-order valence-electron chi connectivity index (χ0n) is 12.9. The molecular formula is C13H26Cl3O4P. The molecule has 0 aromatic carbocycles. The van der Waals surface area contributed by atoms with Crippen molar-refractivity contribution in [1.29, 1.82) is 0 Å². The second-order valence-corrected chi connectivity index (χ2v) is 8.04. The molecule has 21 heavy (non-hydrogen) atoms. The molecular weight excluding hydrogens is 357 g/mol. The maximum Gasteiger partial charge on any atom is 0.477 e. The fourth-order valence-corrected chi connectivity index (χ4v) is 3.93. The van der Waals surface area contributed by atoms with Crippen LogP contribution < -0.4 is 0 Å². The average Bonchev–Trinajstić information content (AvgIpc) is 2.37. The molecule has 0 amide bonds. The van der Waals surface area contributed by atoms with Gasteiger partial charge in [-0.1, -0.05) is 62.2 Å². The highest BCUT2D eigenvalue weighted by Gasteiger charge is 2.43. The number of hydrogen-bond acceptors (Lipinski definition) is 4. The van der Waals surface area contributed by atoms with Crippen LogP contribution in [0.25, 0.3) is 0 Å². The van der Waals surface area contributed by atoms with Crippen LogP contribution in [0.1, 0.15) is 59.3 Å². The molecule has 4 nitrogen and oxygen atoms in total. The predicted octanol–water partition coefficient (Wildman–Crippen LogP) is 6.28. The van der Waals surface area contributed by atoms with Gasteiger partial charge in [-0.15, -0.1) is 11.6 Å². The highest BCUT2D eigenvalue weighted by molar-refractivity contribution is 7.48. The van der Waals surface area contributed by atoms with Crippen molar-refractivity contribution in [3.8, 4) is 0 Å². The van der Waals surface area contributed by atoms with Crippen molar-refractivity contribution in [2.75, 3.05) is 13.2 Å². The summed E-state index contributed by atoms with van der Waals surface area (Å²) in [6.07, 6.45) is 6.02. The van der Waals surface area contributed by atoms with Crippen LogP contribution in [-0.4, -0.2) is 23.1 Å². The van der Waals surface area contributed by atoms with Gasteiger partial charge in [-0.2, -0.15) is 0 Å². The van der Waals surface area contributed by atoms with Crippen molar-refractivity contribution >= 4 is 42.6 Å². The number of phosphoric ester groups is 1. The van der Waals surface area contributed by atoms with Gasteiger partial charge in [-0.3, -0.25) is 9.05 Å². The molecule has 0 aliphatic rings. The molecule has 0 heterocycles. The van der Waals surface area contributed by atoms with Gasteiger partial charge in [-0.05, 0) is 20.3 Å². The normalized spacial score (nSPS) is 14.4. The van der Waals surface area contributed by atoms with Gasteiger partial charge in [0.15, 0.2) is 0 Å². The van der Waals surface area contributed by atoms with Crippen molar-refractivity contribution in [2.24, 2.45) is 0 Å². The number of phosphoric acid groups is 1.